The van der Waals surface area contributed by atoms with Crippen LogP contribution in [-0.2, 0) is 13.1 Å². The van der Waals surface area contributed by atoms with Crippen LogP contribution in [0.1, 0.15) is 57.1 Å². The van der Waals surface area contributed by atoms with Gasteiger partial charge in [0.05, 0.1) is 35.1 Å². The third-order valence-corrected chi connectivity index (χ3v) is 8.47. The van der Waals surface area contributed by atoms with Gasteiger partial charge in [0, 0.05) is 29.6 Å². The summed E-state index contributed by atoms with van der Waals surface area (Å²) in [5.74, 6) is -1.06. The summed E-state index contributed by atoms with van der Waals surface area (Å²) >= 11 is 0. The van der Waals surface area contributed by atoms with E-state index in [1.54, 1.807) is 36.9 Å². The zero-order valence-corrected chi connectivity index (χ0v) is 22.8. The van der Waals surface area contributed by atoms with Crippen LogP contribution in [0.25, 0.3) is 33.2 Å². The number of piperidine rings is 1. The van der Waals surface area contributed by atoms with E-state index in [0.717, 1.165) is 43.1 Å². The van der Waals surface area contributed by atoms with E-state index < -0.39 is 17.2 Å². The molecule has 8 heteroatoms. The van der Waals surface area contributed by atoms with E-state index in [9.17, 15) is 14.8 Å². The van der Waals surface area contributed by atoms with E-state index in [4.69, 9.17) is 5.73 Å². The van der Waals surface area contributed by atoms with Crippen molar-refractivity contribution in [3.05, 3.63) is 77.5 Å². The van der Waals surface area contributed by atoms with Crippen LogP contribution in [0.5, 0.6) is 0 Å². The second kappa shape index (κ2) is 9.77. The molecule has 2 bridgehead atoms. The lowest BCUT2D eigenvalue weighted by Crippen LogP contribution is -2.55. The maximum atomic E-state index is 15.8. The molecule has 2 fully saturated rings. The molecule has 40 heavy (non-hydrogen) atoms. The molecule has 0 spiro atoms. The topological polar surface area (TPSA) is 91.1 Å². The van der Waals surface area contributed by atoms with Crippen LogP contribution in [0, 0.1) is 23.0 Å². The van der Waals surface area contributed by atoms with Crippen LogP contribution >= 0.6 is 0 Å². The van der Waals surface area contributed by atoms with Gasteiger partial charge in [0.15, 0.2) is 0 Å². The number of hydrogen-bond donors (Lipinski definition) is 2. The first-order valence-electron chi connectivity index (χ1n) is 13.8. The highest BCUT2D eigenvalue weighted by Gasteiger charge is 2.45. The molecule has 1 aromatic heterocycles. The molecule has 2 aliphatic heterocycles. The Morgan fingerprint density at radius 2 is 1.88 bits per heavy atom. The minimum Gasteiger partial charge on any atom is -0.389 e. The number of rotatable bonds is 6. The molecule has 3 heterocycles. The fourth-order valence-corrected chi connectivity index (χ4v) is 6.51. The highest BCUT2D eigenvalue weighted by molar-refractivity contribution is 5.90. The van der Waals surface area contributed by atoms with Gasteiger partial charge in [-0.25, -0.2) is 8.78 Å². The number of nitrogens with two attached hydrogens (primary N) is 1. The first-order valence-corrected chi connectivity index (χ1v) is 13.8. The summed E-state index contributed by atoms with van der Waals surface area (Å²) < 4.78 is 32.2. The second-order valence-electron chi connectivity index (χ2n) is 12.0. The molecule has 2 saturated heterocycles. The molecule has 2 atom stereocenters. The second-order valence-corrected chi connectivity index (χ2v) is 12.0. The first-order chi connectivity index (χ1) is 19.0. The van der Waals surface area contributed by atoms with Crippen molar-refractivity contribution in [1.82, 2.24) is 14.7 Å². The summed E-state index contributed by atoms with van der Waals surface area (Å²) in [5.41, 5.74) is 9.29. The van der Waals surface area contributed by atoms with Crippen molar-refractivity contribution < 1.29 is 13.9 Å². The van der Waals surface area contributed by atoms with E-state index >= 15 is 4.39 Å². The number of fused-ring (bicyclic) bond motifs is 3. The zero-order chi connectivity index (χ0) is 28.2. The minimum atomic E-state index is -1.01. The van der Waals surface area contributed by atoms with Gasteiger partial charge in [-0.15, -0.1) is 0 Å². The van der Waals surface area contributed by atoms with Crippen LogP contribution in [-0.4, -0.2) is 37.1 Å². The average Bonchev–Trinajstić information content (AvgIpc) is 3.34. The van der Waals surface area contributed by atoms with Crippen LogP contribution < -0.4 is 5.73 Å². The molecule has 6 rings (SSSR count). The monoisotopic (exact) mass is 541 g/mol. The van der Waals surface area contributed by atoms with Gasteiger partial charge >= 0.3 is 0 Å². The van der Waals surface area contributed by atoms with Gasteiger partial charge in [-0.1, -0.05) is 18.2 Å². The lowest BCUT2D eigenvalue weighted by Gasteiger charge is -2.42. The van der Waals surface area contributed by atoms with Gasteiger partial charge in [-0.3, -0.25) is 9.58 Å². The van der Waals surface area contributed by atoms with E-state index in [0.29, 0.717) is 40.4 Å². The third-order valence-electron chi connectivity index (χ3n) is 8.47. The molecular weight excluding hydrogens is 508 g/mol. The Balaban J connectivity index is 1.46. The Bertz CT molecular complexity index is 1650. The molecule has 3 aromatic carbocycles. The zero-order valence-electron chi connectivity index (χ0n) is 22.8. The Labute approximate surface area is 232 Å². The van der Waals surface area contributed by atoms with Crippen LogP contribution in [0.4, 0.5) is 8.78 Å². The van der Waals surface area contributed by atoms with Crippen molar-refractivity contribution >= 4 is 10.9 Å². The number of aromatic nitrogens is 2. The SMILES string of the molecule is CC(C)(O)Cn1ncc2cc(-c3ccc(CN4[C@@H]5CCC[C@@]4(N)CC5)cc3-c3ccc(C#N)c(F)c3)c(F)cc21. The number of benzene rings is 3. The van der Waals surface area contributed by atoms with Gasteiger partial charge in [-0.2, -0.15) is 10.4 Å². The molecule has 206 valence electrons. The molecule has 0 aliphatic carbocycles. The Hall–Kier alpha value is -3.64. The smallest absolute Gasteiger partial charge is 0.141 e. The van der Waals surface area contributed by atoms with E-state index in [-0.39, 0.29) is 17.8 Å². The predicted molar refractivity (Wildman–Crippen MR) is 151 cm³/mol. The van der Waals surface area contributed by atoms with Crippen molar-refractivity contribution in [3.8, 4) is 28.3 Å². The highest BCUT2D eigenvalue weighted by Crippen LogP contribution is 2.43. The van der Waals surface area contributed by atoms with Gasteiger partial charge in [0.2, 0.25) is 0 Å². The minimum absolute atomic E-state index is 0.0387. The van der Waals surface area contributed by atoms with E-state index in [1.165, 1.54) is 18.2 Å². The van der Waals surface area contributed by atoms with Crippen molar-refractivity contribution in [2.24, 2.45) is 5.73 Å². The Morgan fingerprint density at radius 1 is 1.05 bits per heavy atom. The summed E-state index contributed by atoms with van der Waals surface area (Å²) in [6.45, 7) is 4.24. The largest absolute Gasteiger partial charge is 0.389 e. The number of nitrogens with zero attached hydrogens (tertiary/aromatic N) is 4. The lowest BCUT2D eigenvalue weighted by atomic mass is 9.90. The molecule has 3 N–H and O–H groups in total. The van der Waals surface area contributed by atoms with Gasteiger partial charge in [0.25, 0.3) is 0 Å². The summed E-state index contributed by atoms with van der Waals surface area (Å²) in [4.78, 5) is 2.40. The quantitative estimate of drug-likeness (QED) is 0.308. The summed E-state index contributed by atoms with van der Waals surface area (Å²) in [5, 5.41) is 24.6. The third kappa shape index (κ3) is 4.79. The highest BCUT2D eigenvalue weighted by atomic mass is 19.1. The van der Waals surface area contributed by atoms with Crippen LogP contribution in [0.2, 0.25) is 0 Å². The van der Waals surface area contributed by atoms with Crippen molar-refractivity contribution in [2.75, 3.05) is 0 Å². The molecule has 0 radical (unpaired) electrons. The molecule has 2 aliphatic rings. The molecule has 0 amide bonds. The van der Waals surface area contributed by atoms with Gasteiger partial charge < -0.3 is 10.8 Å². The van der Waals surface area contributed by atoms with Gasteiger partial charge in [-0.05, 0) is 92.5 Å². The fraction of sp³-hybridized carbons (Fsp3) is 0.375. The van der Waals surface area contributed by atoms with Crippen molar-refractivity contribution in [1.29, 1.82) is 5.26 Å². The lowest BCUT2D eigenvalue weighted by molar-refractivity contribution is 0.0500. The van der Waals surface area contributed by atoms with Crippen LogP contribution in [0.15, 0.2) is 54.7 Å². The summed E-state index contributed by atoms with van der Waals surface area (Å²) in [7, 11) is 0. The van der Waals surface area contributed by atoms with E-state index in [2.05, 4.69) is 10.00 Å². The average molecular weight is 542 g/mol. The maximum Gasteiger partial charge on any atom is 0.141 e. The fourth-order valence-electron chi connectivity index (χ4n) is 6.51. The maximum absolute atomic E-state index is 15.8. The van der Waals surface area contributed by atoms with E-state index in [1.807, 2.05) is 24.3 Å². The Morgan fingerprint density at radius 3 is 2.60 bits per heavy atom. The molecule has 0 unspecified atom stereocenters. The first kappa shape index (κ1) is 26.6. The van der Waals surface area contributed by atoms with Crippen molar-refractivity contribution in [3.63, 3.8) is 0 Å². The number of aliphatic hydroxyl groups is 1. The van der Waals surface area contributed by atoms with Crippen LogP contribution in [0.3, 0.4) is 0 Å². The standard InChI is InChI=1S/C32H33F2N5O/c1-31(2,40)19-39-30-15-29(34)27(13-23(30)17-37-39)25-8-5-20(18-38-24-4-3-10-32(38,36)11-9-24)12-26(25)21-6-7-22(16-35)28(33)14-21/h5-8,12-15,17,24,40H,3-4,9-11,18-19,36H2,1-2H3/t24-,32+/m1/s1. The molecule has 6 nitrogen and oxygen atoms in total. The molecule has 0 saturated carbocycles. The molecule has 4 aromatic rings. The number of hydrogen-bond acceptors (Lipinski definition) is 5. The summed E-state index contributed by atoms with van der Waals surface area (Å²) in [6, 6.07) is 15.9. The predicted octanol–water partition coefficient (Wildman–Crippen LogP) is 6.09. The number of halogens is 2. The summed E-state index contributed by atoms with van der Waals surface area (Å²) in [6.07, 6.45) is 6.98. The Kier molecular flexibility index (Phi) is 6.49. The molecular formula is C32H33F2N5O. The normalized spacial score (nSPS) is 21.2. The number of nitriles is 1. The van der Waals surface area contributed by atoms with Crippen molar-refractivity contribution in [2.45, 2.75) is 76.3 Å². The van der Waals surface area contributed by atoms with Gasteiger partial charge in [0.1, 0.15) is 17.7 Å².